The normalized spacial score (nSPS) is 29.0. The van der Waals surface area contributed by atoms with Crippen molar-refractivity contribution in [1.29, 1.82) is 0 Å². The topological polar surface area (TPSA) is 13.1 Å². The van der Waals surface area contributed by atoms with Gasteiger partial charge in [0.1, 0.15) is 5.76 Å². The number of fused-ring (bicyclic) bond motifs is 1. The summed E-state index contributed by atoms with van der Waals surface area (Å²) in [6.45, 7) is 9.33. The Labute approximate surface area is 277 Å². The summed E-state index contributed by atoms with van der Waals surface area (Å²) in [5.74, 6) is 4.31. The van der Waals surface area contributed by atoms with E-state index in [-0.39, 0.29) is 51.0 Å². The van der Waals surface area contributed by atoms with Gasteiger partial charge >= 0.3 is 26.2 Å². The van der Waals surface area contributed by atoms with E-state index in [0.717, 1.165) is 17.8 Å². The summed E-state index contributed by atoms with van der Waals surface area (Å²) in [4.78, 5) is 0. The second-order valence-electron chi connectivity index (χ2n) is 14.0. The first-order chi connectivity index (χ1) is 18.3. The number of benzene rings is 2. The van der Waals surface area contributed by atoms with Crippen molar-refractivity contribution in [2.45, 2.75) is 76.4 Å². The minimum atomic E-state index is -1.08. The van der Waals surface area contributed by atoms with E-state index in [1.165, 1.54) is 77.3 Å². The molecule has 0 spiro atoms. The third-order valence-corrected chi connectivity index (χ3v) is 15.3. The van der Waals surface area contributed by atoms with E-state index in [1.54, 1.807) is 16.3 Å². The van der Waals surface area contributed by atoms with E-state index in [1.807, 2.05) is 6.26 Å². The number of hydrogen-bond donors (Lipinski definition) is 0. The summed E-state index contributed by atoms with van der Waals surface area (Å²) in [7, 11) is -1.08. The van der Waals surface area contributed by atoms with Crippen molar-refractivity contribution < 1.29 is 55.4 Å². The minimum Gasteiger partial charge on any atom is -1.00 e. The van der Waals surface area contributed by atoms with Gasteiger partial charge in [0.25, 0.3) is 0 Å². The number of rotatable bonds is 2. The number of allylic oxidation sites excluding steroid dienone is 1. The second-order valence-corrected chi connectivity index (χ2v) is 18.5. The van der Waals surface area contributed by atoms with E-state index < -0.39 is 8.07 Å². The van der Waals surface area contributed by atoms with Crippen LogP contribution in [0.5, 0.6) is 0 Å². The molecule has 3 aromatic carbocycles. The van der Waals surface area contributed by atoms with Gasteiger partial charge < -0.3 is 29.2 Å². The van der Waals surface area contributed by atoms with Crippen LogP contribution in [0.15, 0.2) is 76.9 Å². The van der Waals surface area contributed by atoms with Crippen LogP contribution in [0.1, 0.15) is 73.4 Å². The van der Waals surface area contributed by atoms with Crippen LogP contribution in [0.4, 0.5) is 0 Å². The van der Waals surface area contributed by atoms with Gasteiger partial charge in [-0.25, -0.2) is 0 Å². The third-order valence-electron chi connectivity index (χ3n) is 11.2. The Hall–Kier alpha value is -1.25. The Balaban J connectivity index is 0.000000191. The average Bonchev–Trinajstić information content (AvgIpc) is 3.60. The van der Waals surface area contributed by atoms with Crippen molar-refractivity contribution >= 4 is 24.0 Å². The Morgan fingerprint density at radius 3 is 2.05 bits per heavy atom. The predicted molar refractivity (Wildman–Crippen MR) is 161 cm³/mol. The Kier molecular flexibility index (Phi) is 8.39. The van der Waals surface area contributed by atoms with E-state index in [4.69, 9.17) is 4.42 Å². The maximum absolute atomic E-state index is 5.53. The Bertz CT molecular complexity index is 1570. The van der Waals surface area contributed by atoms with Crippen molar-refractivity contribution in [2.75, 3.05) is 0 Å². The average molecular weight is 678 g/mol. The molecular formula is C36H39Cl2OSiZr. The summed E-state index contributed by atoms with van der Waals surface area (Å²) in [6, 6.07) is 23.2. The fourth-order valence-electron chi connectivity index (χ4n) is 10.2. The molecule has 4 saturated carbocycles. The van der Waals surface area contributed by atoms with Crippen molar-refractivity contribution in [3.8, 4) is 11.1 Å². The summed E-state index contributed by atoms with van der Waals surface area (Å²) in [6.07, 6.45) is 10.8. The SMILES string of the molecule is CC1=C2c3ccoc3C1[Si]2(C)C.Cc1cc2c(-c3ccc(C45CC6CC(CC(C6)C4)C5)cc3)cccc2[cH-]1.[Cl-].[Cl-].[Zr+3]. The molecule has 0 amide bonds. The number of hydrogen-bond acceptors (Lipinski definition) is 1. The van der Waals surface area contributed by atoms with Gasteiger partial charge in [-0.2, -0.15) is 6.07 Å². The molecule has 1 atom stereocenters. The molecule has 0 N–H and O–H groups in total. The molecule has 3 heterocycles. The molecule has 5 aliphatic carbocycles. The molecule has 211 valence electrons. The van der Waals surface area contributed by atoms with Crippen LogP contribution in [-0.2, 0) is 31.6 Å². The second kappa shape index (κ2) is 11.0. The van der Waals surface area contributed by atoms with Gasteiger partial charge in [0.2, 0.25) is 0 Å². The van der Waals surface area contributed by atoms with Crippen LogP contribution in [-0.4, -0.2) is 8.07 Å². The largest absolute Gasteiger partial charge is 3.00 e. The van der Waals surface area contributed by atoms with Gasteiger partial charge in [-0.15, -0.1) is 34.5 Å². The van der Waals surface area contributed by atoms with Gasteiger partial charge in [0, 0.05) is 11.1 Å². The first-order valence-electron chi connectivity index (χ1n) is 14.9. The summed E-state index contributed by atoms with van der Waals surface area (Å²) in [5, 5.41) is 4.42. The first-order valence-corrected chi connectivity index (χ1v) is 18.0. The maximum atomic E-state index is 5.53. The molecule has 1 unspecified atom stereocenters. The van der Waals surface area contributed by atoms with Gasteiger partial charge in [-0.3, -0.25) is 0 Å². The molecule has 11 rings (SSSR count). The van der Waals surface area contributed by atoms with Crippen molar-refractivity contribution in [1.82, 2.24) is 0 Å². The van der Waals surface area contributed by atoms with Crippen molar-refractivity contribution in [3.05, 3.63) is 95.0 Å². The molecule has 1 radical (unpaired) electrons. The molecule has 2 aliphatic heterocycles. The van der Waals surface area contributed by atoms with E-state index in [2.05, 4.69) is 87.6 Å². The van der Waals surface area contributed by atoms with Crippen LogP contribution in [0.3, 0.4) is 0 Å². The smallest absolute Gasteiger partial charge is 1.00 e. The first kappa shape index (κ1) is 31.2. The molecule has 7 aliphatic rings. The fourth-order valence-corrected chi connectivity index (χ4v) is 14.4. The van der Waals surface area contributed by atoms with Crippen molar-refractivity contribution in [2.24, 2.45) is 17.8 Å². The van der Waals surface area contributed by atoms with Gasteiger partial charge in [-0.1, -0.05) is 61.5 Å². The maximum Gasteiger partial charge on any atom is 3.00 e. The standard InChI is InChI=1S/C26H27.C10H12OSi.2ClH.Zr/c1-17-9-22-3-2-4-24(25(22)10-17)21-5-7-23(8-6-21)26-14-18-11-19(15-26)13-20(12-18)16-26;1-6-9-7-4-5-11-8(7)10(6)12(9,2)3;;;/h2-10,18-20H,11-16H2,1H3;4-5,10H,1-3H3;2*1H;/q-1;;;;+3/p-2. The zero-order valence-electron chi connectivity index (χ0n) is 24.6. The van der Waals surface area contributed by atoms with Crippen LogP contribution >= 0.6 is 0 Å². The molecule has 1 aromatic heterocycles. The number of halogens is 2. The van der Waals surface area contributed by atoms with Crippen LogP contribution < -0.4 is 24.8 Å². The molecule has 5 heteroatoms. The van der Waals surface area contributed by atoms with Gasteiger partial charge in [0.05, 0.1) is 14.3 Å². The van der Waals surface area contributed by atoms with Gasteiger partial charge in [-0.05, 0) is 91.0 Å². The molecule has 6 bridgehead atoms. The van der Waals surface area contributed by atoms with E-state index >= 15 is 0 Å². The molecule has 41 heavy (non-hydrogen) atoms. The Morgan fingerprint density at radius 1 is 0.829 bits per heavy atom. The summed E-state index contributed by atoms with van der Waals surface area (Å²) < 4.78 is 5.53. The fraction of sp³-hybridized carbons (Fsp3) is 0.417. The quantitative estimate of drug-likeness (QED) is 0.232. The van der Waals surface area contributed by atoms with Gasteiger partial charge in [0.15, 0.2) is 0 Å². The molecular weight excluding hydrogens is 639 g/mol. The number of furan rings is 1. The number of aryl methyl sites for hydroxylation is 1. The molecule has 4 aromatic rings. The molecule has 1 nitrogen and oxygen atoms in total. The molecule has 0 saturated heterocycles. The zero-order valence-corrected chi connectivity index (χ0v) is 29.5. The van der Waals surface area contributed by atoms with E-state index in [0.29, 0.717) is 11.0 Å². The molecule has 4 fully saturated rings. The van der Waals surface area contributed by atoms with Crippen LogP contribution in [0, 0.1) is 24.7 Å². The van der Waals surface area contributed by atoms with E-state index in [9.17, 15) is 0 Å². The summed E-state index contributed by atoms with van der Waals surface area (Å²) >= 11 is 0. The van der Waals surface area contributed by atoms with Crippen LogP contribution in [0.2, 0.25) is 13.1 Å². The van der Waals surface area contributed by atoms with Crippen molar-refractivity contribution in [3.63, 3.8) is 0 Å². The monoisotopic (exact) mass is 675 g/mol. The zero-order chi connectivity index (χ0) is 25.8. The minimum absolute atomic E-state index is 0. The predicted octanol–water partition coefficient (Wildman–Crippen LogP) is 3.96. The summed E-state index contributed by atoms with van der Waals surface area (Å²) in [5.41, 5.74) is 9.97. The Morgan fingerprint density at radius 2 is 1.46 bits per heavy atom. The third kappa shape index (κ3) is 4.68. The van der Waals surface area contributed by atoms with Crippen LogP contribution in [0.25, 0.3) is 27.1 Å².